The summed E-state index contributed by atoms with van der Waals surface area (Å²) in [6.07, 6.45) is -0.393. The first-order valence-corrected chi connectivity index (χ1v) is 9.63. The summed E-state index contributed by atoms with van der Waals surface area (Å²) in [6.45, 7) is 0.392. The highest BCUT2D eigenvalue weighted by atomic mass is 35.5. The number of benzene rings is 2. The summed E-state index contributed by atoms with van der Waals surface area (Å²) in [4.78, 5) is 0. The van der Waals surface area contributed by atoms with Gasteiger partial charge in [-0.15, -0.1) is 0 Å². The molecule has 128 valence electrons. The van der Waals surface area contributed by atoms with Gasteiger partial charge in [0.05, 0.1) is 12.3 Å². The van der Waals surface area contributed by atoms with Gasteiger partial charge >= 0.3 is 0 Å². The summed E-state index contributed by atoms with van der Waals surface area (Å²) in [6, 6.07) is 12.0. The molecule has 0 aliphatic carbocycles. The normalized spacial score (nSPS) is 16.8. The Labute approximate surface area is 150 Å². The van der Waals surface area contributed by atoms with Crippen molar-refractivity contribution in [1.29, 1.82) is 0 Å². The molecule has 3 rings (SSSR count). The number of hydrogen-bond acceptors (Lipinski definition) is 4. The smallest absolute Gasteiger partial charge is 0.215 e. The van der Waals surface area contributed by atoms with Crippen molar-refractivity contribution in [1.82, 2.24) is 4.72 Å². The summed E-state index contributed by atoms with van der Waals surface area (Å²) in [7, 11) is -3.56. The molecule has 1 heterocycles. The monoisotopic (exact) mass is 387 g/mol. The van der Waals surface area contributed by atoms with Crippen LogP contribution in [0.2, 0.25) is 10.0 Å². The fraction of sp³-hybridized carbons (Fsp3) is 0.250. The van der Waals surface area contributed by atoms with E-state index in [1.807, 2.05) is 12.1 Å². The van der Waals surface area contributed by atoms with E-state index in [2.05, 4.69) is 4.72 Å². The van der Waals surface area contributed by atoms with Gasteiger partial charge in [0.2, 0.25) is 10.0 Å². The van der Waals surface area contributed by atoms with Crippen LogP contribution in [0.4, 0.5) is 0 Å². The van der Waals surface area contributed by atoms with Crippen LogP contribution < -0.4 is 14.2 Å². The third-order valence-corrected chi connectivity index (χ3v) is 5.34. The Kier molecular flexibility index (Phi) is 5.20. The van der Waals surface area contributed by atoms with Crippen LogP contribution in [0.3, 0.4) is 0 Å². The van der Waals surface area contributed by atoms with E-state index in [-0.39, 0.29) is 18.9 Å². The topological polar surface area (TPSA) is 64.6 Å². The molecule has 1 atom stereocenters. The lowest BCUT2D eigenvalue weighted by Crippen LogP contribution is -2.41. The third-order valence-electron chi connectivity index (χ3n) is 3.46. The average molecular weight is 388 g/mol. The van der Waals surface area contributed by atoms with Gasteiger partial charge in [0.25, 0.3) is 0 Å². The number of para-hydroxylation sites is 2. The van der Waals surface area contributed by atoms with Gasteiger partial charge in [0, 0.05) is 10.0 Å². The minimum Gasteiger partial charge on any atom is -0.486 e. The molecule has 0 fully saturated rings. The van der Waals surface area contributed by atoms with Crippen molar-refractivity contribution in [3.05, 3.63) is 58.1 Å². The fourth-order valence-corrected chi connectivity index (χ4v) is 4.04. The number of ether oxygens (including phenoxy) is 2. The van der Waals surface area contributed by atoms with Crippen LogP contribution in [0.25, 0.3) is 0 Å². The molecule has 8 heteroatoms. The van der Waals surface area contributed by atoms with Crippen molar-refractivity contribution in [3.8, 4) is 11.5 Å². The molecule has 0 amide bonds. The average Bonchev–Trinajstić information content (AvgIpc) is 2.55. The quantitative estimate of drug-likeness (QED) is 0.854. The van der Waals surface area contributed by atoms with E-state index < -0.39 is 16.1 Å². The van der Waals surface area contributed by atoms with E-state index >= 15 is 0 Å². The number of sulfonamides is 1. The largest absolute Gasteiger partial charge is 0.486 e. The molecule has 0 radical (unpaired) electrons. The maximum absolute atomic E-state index is 12.2. The second-order valence-electron chi connectivity index (χ2n) is 5.34. The standard InChI is InChI=1S/C16H15Cl2NO4S/c17-12-6-5-11(14(18)7-12)10-24(20,21)19-8-13-9-22-15-3-1-2-4-16(15)23-13/h1-7,13,19H,8-10H2/t13-/m0/s1. The molecule has 24 heavy (non-hydrogen) atoms. The minimum absolute atomic E-state index is 0.113. The Morgan fingerprint density at radius 3 is 2.62 bits per heavy atom. The molecule has 0 spiro atoms. The Balaban J connectivity index is 1.60. The molecule has 0 saturated heterocycles. The molecule has 2 aromatic rings. The number of rotatable bonds is 5. The van der Waals surface area contributed by atoms with Gasteiger partial charge in [0.1, 0.15) is 12.7 Å². The zero-order valence-electron chi connectivity index (χ0n) is 12.5. The van der Waals surface area contributed by atoms with Crippen LogP contribution >= 0.6 is 23.2 Å². The van der Waals surface area contributed by atoms with E-state index in [0.29, 0.717) is 27.1 Å². The van der Waals surface area contributed by atoms with Gasteiger partial charge in [-0.05, 0) is 29.8 Å². The van der Waals surface area contributed by atoms with E-state index in [1.54, 1.807) is 24.3 Å². The van der Waals surface area contributed by atoms with Crippen LogP contribution in [0.5, 0.6) is 11.5 Å². The van der Waals surface area contributed by atoms with Crippen LogP contribution in [-0.4, -0.2) is 27.7 Å². The lowest BCUT2D eigenvalue weighted by Gasteiger charge is -2.26. The van der Waals surface area contributed by atoms with Crippen LogP contribution in [0, 0.1) is 0 Å². The summed E-state index contributed by atoms with van der Waals surface area (Å²) < 4.78 is 38.3. The molecule has 1 aliphatic rings. The summed E-state index contributed by atoms with van der Waals surface area (Å²) in [5, 5.41) is 0.777. The van der Waals surface area contributed by atoms with Gasteiger partial charge in [0.15, 0.2) is 11.5 Å². The number of fused-ring (bicyclic) bond motifs is 1. The minimum atomic E-state index is -3.56. The summed E-state index contributed by atoms with van der Waals surface area (Å²) >= 11 is 11.8. The Hall–Kier alpha value is -1.47. The SMILES string of the molecule is O=S(=O)(Cc1ccc(Cl)cc1Cl)NC[C@H]1COc2ccccc2O1. The van der Waals surface area contributed by atoms with Crippen LogP contribution in [0.15, 0.2) is 42.5 Å². The number of hydrogen-bond donors (Lipinski definition) is 1. The Morgan fingerprint density at radius 2 is 1.88 bits per heavy atom. The second-order valence-corrected chi connectivity index (χ2v) is 7.99. The van der Waals surface area contributed by atoms with Crippen molar-refractivity contribution in [2.45, 2.75) is 11.9 Å². The molecule has 1 aliphatic heterocycles. The van der Waals surface area contributed by atoms with Gasteiger partial charge < -0.3 is 9.47 Å². The Bertz CT molecular complexity index is 842. The van der Waals surface area contributed by atoms with Crippen LogP contribution in [-0.2, 0) is 15.8 Å². The van der Waals surface area contributed by atoms with Crippen molar-refractivity contribution in [2.75, 3.05) is 13.2 Å². The van der Waals surface area contributed by atoms with Crippen molar-refractivity contribution < 1.29 is 17.9 Å². The van der Waals surface area contributed by atoms with E-state index in [0.717, 1.165) is 0 Å². The predicted molar refractivity (Wildman–Crippen MR) is 93.4 cm³/mol. The van der Waals surface area contributed by atoms with Crippen molar-refractivity contribution in [3.63, 3.8) is 0 Å². The maximum Gasteiger partial charge on any atom is 0.215 e. The predicted octanol–water partition coefficient (Wildman–Crippen LogP) is 3.25. The van der Waals surface area contributed by atoms with E-state index in [1.165, 1.54) is 6.07 Å². The highest BCUT2D eigenvalue weighted by Gasteiger charge is 2.23. The van der Waals surface area contributed by atoms with Gasteiger partial charge in [-0.2, -0.15) is 0 Å². The molecule has 2 aromatic carbocycles. The molecular weight excluding hydrogens is 373 g/mol. The first kappa shape index (κ1) is 17.4. The molecule has 0 aromatic heterocycles. The third kappa shape index (κ3) is 4.33. The zero-order chi connectivity index (χ0) is 17.2. The Morgan fingerprint density at radius 1 is 1.12 bits per heavy atom. The lowest BCUT2D eigenvalue weighted by molar-refractivity contribution is 0.0943. The number of halogens is 2. The van der Waals surface area contributed by atoms with Crippen molar-refractivity contribution >= 4 is 33.2 Å². The lowest BCUT2D eigenvalue weighted by atomic mass is 10.2. The maximum atomic E-state index is 12.2. The number of nitrogens with one attached hydrogen (secondary N) is 1. The highest BCUT2D eigenvalue weighted by molar-refractivity contribution is 7.88. The molecule has 5 nitrogen and oxygen atoms in total. The van der Waals surface area contributed by atoms with Crippen molar-refractivity contribution in [2.24, 2.45) is 0 Å². The summed E-state index contributed by atoms with van der Waals surface area (Å²) in [5.41, 5.74) is 0.486. The van der Waals surface area contributed by atoms with Gasteiger partial charge in [-0.1, -0.05) is 41.4 Å². The first-order valence-electron chi connectivity index (χ1n) is 7.23. The fourth-order valence-electron chi connectivity index (χ4n) is 2.28. The van der Waals surface area contributed by atoms with E-state index in [9.17, 15) is 8.42 Å². The van der Waals surface area contributed by atoms with E-state index in [4.69, 9.17) is 32.7 Å². The van der Waals surface area contributed by atoms with Gasteiger partial charge in [-0.25, -0.2) is 13.1 Å². The van der Waals surface area contributed by atoms with Gasteiger partial charge in [-0.3, -0.25) is 0 Å². The summed E-state index contributed by atoms with van der Waals surface area (Å²) in [5.74, 6) is 1.03. The molecule has 0 unspecified atom stereocenters. The second kappa shape index (κ2) is 7.19. The highest BCUT2D eigenvalue weighted by Crippen LogP contribution is 2.30. The molecule has 0 saturated carbocycles. The molecule has 0 bridgehead atoms. The first-order chi connectivity index (χ1) is 11.4. The molecule has 1 N–H and O–H groups in total. The van der Waals surface area contributed by atoms with Crippen LogP contribution in [0.1, 0.15) is 5.56 Å². The zero-order valence-corrected chi connectivity index (χ0v) is 14.9. The molecular formula is C16H15Cl2NO4S.